The molecule has 89 heavy (non-hydrogen) atoms. The molecule has 512 valence electrons. The predicted molar refractivity (Wildman–Crippen MR) is 340 cm³/mol. The summed E-state index contributed by atoms with van der Waals surface area (Å²) in [5.74, 6) is -3.76. The van der Waals surface area contributed by atoms with E-state index >= 15 is 0 Å². The number of carbonyl (C=O) groups is 8. The number of aliphatic hydroxyl groups is 1. The smallest absolute Gasteiger partial charge is 0.320 e. The third kappa shape index (κ3) is 34.2. The number of hydrogen-bond donors (Lipinski definition) is 1. The van der Waals surface area contributed by atoms with Crippen LogP contribution in [0.1, 0.15) is 265 Å². The number of unbranched alkanes of at least 4 members (excludes halogenated alkanes) is 8. The lowest BCUT2D eigenvalue weighted by molar-refractivity contribution is -0.166. The highest BCUT2D eigenvalue weighted by atomic mass is 16.6. The minimum atomic E-state index is -1.14. The molecule has 0 aromatic rings. The highest BCUT2D eigenvalue weighted by molar-refractivity contribution is 5.95. The molecule has 0 spiro atoms. The molecule has 0 unspecified atom stereocenters. The molecule has 4 rings (SSSR count). The summed E-state index contributed by atoms with van der Waals surface area (Å²) in [4.78, 5) is 107. The fourth-order valence-electron chi connectivity index (χ4n) is 13.0. The van der Waals surface area contributed by atoms with Gasteiger partial charge < -0.3 is 47.9 Å². The molecule has 0 bridgehead atoms. The molecule has 4 saturated carbocycles. The van der Waals surface area contributed by atoms with E-state index in [9.17, 15) is 43.5 Å². The Morgan fingerprint density at radius 1 is 0.303 bits per heavy atom. The van der Waals surface area contributed by atoms with Gasteiger partial charge in [0.15, 0.2) is 11.8 Å². The first-order valence-electron chi connectivity index (χ1n) is 35.9. The standard InChI is InChI=1S/C71H121NO17/c1-5-9-13-22-64(74)82-46-54-26-34-58(35-27-54)50-86-68(78)62(69(79)87-51-59-36-28-55(29-37-59)47-83-65(75)23-14-10-6-2)20-17-42-72(44-19-45-73)43-18-21-63(70(80)88-52-60-38-30-56(31-39-60)48-84-66(76)24-15-11-7-3)71(81)89-53-61-40-32-57(33-41-61)49-85-67(77)25-16-12-8-4/h54-63,73H,5-53H2,1-4H3. The topological polar surface area (TPSA) is 234 Å². The maximum atomic E-state index is 14.0. The average molecular weight is 1260 g/mol. The Kier molecular flexibility index (Phi) is 41.2. The maximum absolute atomic E-state index is 14.0. The second kappa shape index (κ2) is 47.6. The fraction of sp³-hybridized carbons (Fsp3) is 0.887. The molecule has 0 aliphatic heterocycles. The Labute approximate surface area is 535 Å². The fourth-order valence-corrected chi connectivity index (χ4v) is 13.0. The lowest BCUT2D eigenvalue weighted by Gasteiger charge is -2.29. The van der Waals surface area contributed by atoms with Crippen LogP contribution in [0.2, 0.25) is 0 Å². The SMILES string of the molecule is CCCCCC(=O)OCC1CCC(COC(=O)C(CCCN(CCCO)CCCC(C(=O)OCC2CCC(COC(=O)CCCCC)CC2)C(=O)OCC2CCC(COC(=O)CCCCC)CC2)C(=O)OCC2CCC(COC(=O)CCCCC)CC2)CC1. The van der Waals surface area contributed by atoms with E-state index in [4.69, 9.17) is 37.9 Å². The molecule has 0 saturated heterocycles. The molecule has 0 aromatic heterocycles. The molecular weight excluding hydrogens is 1140 g/mol. The number of rotatable bonds is 47. The van der Waals surface area contributed by atoms with Crippen molar-refractivity contribution in [2.75, 3.05) is 79.1 Å². The molecule has 0 atom stereocenters. The van der Waals surface area contributed by atoms with E-state index < -0.39 is 35.7 Å². The summed E-state index contributed by atoms with van der Waals surface area (Å²) in [6.07, 6.45) is 28.4. The van der Waals surface area contributed by atoms with Crippen molar-refractivity contribution in [3.63, 3.8) is 0 Å². The lowest BCUT2D eigenvalue weighted by atomic mass is 9.83. The molecule has 4 aliphatic carbocycles. The number of esters is 8. The van der Waals surface area contributed by atoms with Crippen LogP contribution in [0.3, 0.4) is 0 Å². The first-order valence-corrected chi connectivity index (χ1v) is 35.9. The van der Waals surface area contributed by atoms with E-state index in [1.165, 1.54) is 0 Å². The van der Waals surface area contributed by atoms with Crippen LogP contribution in [0.15, 0.2) is 0 Å². The van der Waals surface area contributed by atoms with Crippen LogP contribution in [0.25, 0.3) is 0 Å². The van der Waals surface area contributed by atoms with E-state index in [0.29, 0.717) is 91.0 Å². The first kappa shape index (κ1) is 77.1. The summed E-state index contributed by atoms with van der Waals surface area (Å²) in [7, 11) is 0. The van der Waals surface area contributed by atoms with Crippen molar-refractivity contribution in [3.05, 3.63) is 0 Å². The van der Waals surface area contributed by atoms with Crippen LogP contribution in [0.4, 0.5) is 0 Å². The summed E-state index contributed by atoms with van der Waals surface area (Å²) in [6, 6.07) is 0. The van der Waals surface area contributed by atoms with Crippen LogP contribution in [-0.2, 0) is 76.3 Å². The van der Waals surface area contributed by atoms with Gasteiger partial charge in [0.25, 0.3) is 0 Å². The maximum Gasteiger partial charge on any atom is 0.320 e. The van der Waals surface area contributed by atoms with Crippen molar-refractivity contribution in [2.24, 2.45) is 59.2 Å². The van der Waals surface area contributed by atoms with E-state index in [2.05, 4.69) is 32.6 Å². The van der Waals surface area contributed by atoms with Gasteiger partial charge in [-0.2, -0.15) is 0 Å². The van der Waals surface area contributed by atoms with Gasteiger partial charge in [0.2, 0.25) is 0 Å². The van der Waals surface area contributed by atoms with E-state index in [1.54, 1.807) is 0 Å². The highest BCUT2D eigenvalue weighted by Crippen LogP contribution is 2.34. The van der Waals surface area contributed by atoms with Crippen molar-refractivity contribution in [1.29, 1.82) is 0 Å². The zero-order chi connectivity index (χ0) is 64.3. The van der Waals surface area contributed by atoms with Gasteiger partial charge in [0, 0.05) is 38.8 Å². The minimum absolute atomic E-state index is 0.0461. The number of aliphatic hydroxyl groups excluding tert-OH is 1. The van der Waals surface area contributed by atoms with E-state index in [0.717, 1.165) is 180 Å². The second-order valence-corrected chi connectivity index (χ2v) is 26.9. The van der Waals surface area contributed by atoms with Crippen molar-refractivity contribution >= 4 is 47.8 Å². The van der Waals surface area contributed by atoms with Gasteiger partial charge in [-0.05, 0) is 221 Å². The Morgan fingerprint density at radius 3 is 0.708 bits per heavy atom. The largest absolute Gasteiger partial charge is 0.465 e. The second-order valence-electron chi connectivity index (χ2n) is 26.9. The van der Waals surface area contributed by atoms with Crippen LogP contribution >= 0.6 is 0 Å². The molecule has 4 aliphatic rings. The van der Waals surface area contributed by atoms with Crippen molar-refractivity contribution in [1.82, 2.24) is 4.90 Å². The van der Waals surface area contributed by atoms with Crippen LogP contribution in [0.5, 0.6) is 0 Å². The zero-order valence-corrected chi connectivity index (χ0v) is 55.8. The molecule has 0 aromatic carbocycles. The van der Waals surface area contributed by atoms with Gasteiger partial charge in [0.05, 0.1) is 52.9 Å². The van der Waals surface area contributed by atoms with Crippen molar-refractivity contribution < 1.29 is 81.4 Å². The van der Waals surface area contributed by atoms with Crippen LogP contribution in [-0.4, -0.2) is 137 Å². The Balaban J connectivity index is 1.34. The van der Waals surface area contributed by atoms with Crippen molar-refractivity contribution in [3.8, 4) is 0 Å². The number of hydrogen-bond acceptors (Lipinski definition) is 18. The van der Waals surface area contributed by atoms with Gasteiger partial charge in [-0.25, -0.2) is 0 Å². The molecule has 0 heterocycles. The summed E-state index contributed by atoms with van der Waals surface area (Å²) in [5, 5.41) is 9.95. The molecule has 18 heteroatoms. The monoisotopic (exact) mass is 1260 g/mol. The molecule has 18 nitrogen and oxygen atoms in total. The van der Waals surface area contributed by atoms with Crippen LogP contribution in [0, 0.1) is 59.2 Å². The molecular formula is C71H121NO17. The van der Waals surface area contributed by atoms with Gasteiger partial charge in [-0.15, -0.1) is 0 Å². The zero-order valence-electron chi connectivity index (χ0n) is 55.8. The van der Waals surface area contributed by atoms with Crippen molar-refractivity contribution in [2.45, 2.75) is 265 Å². The summed E-state index contributed by atoms with van der Waals surface area (Å²) in [5.41, 5.74) is 0. The molecule has 1 N–H and O–H groups in total. The van der Waals surface area contributed by atoms with E-state index in [-0.39, 0.29) is 117 Å². The average Bonchev–Trinajstić information content (AvgIpc) is 3.64. The van der Waals surface area contributed by atoms with Gasteiger partial charge in [0.1, 0.15) is 0 Å². The Bertz CT molecular complexity index is 1710. The summed E-state index contributed by atoms with van der Waals surface area (Å²) >= 11 is 0. The first-order chi connectivity index (χ1) is 43.2. The van der Waals surface area contributed by atoms with E-state index in [1.807, 2.05) is 0 Å². The predicted octanol–water partition coefficient (Wildman–Crippen LogP) is 13.4. The number of carbonyl (C=O) groups excluding carboxylic acids is 8. The summed E-state index contributed by atoms with van der Waals surface area (Å²) < 4.78 is 46.1. The summed E-state index contributed by atoms with van der Waals surface area (Å²) in [6.45, 7) is 12.2. The minimum Gasteiger partial charge on any atom is -0.465 e. The third-order valence-electron chi connectivity index (χ3n) is 19.3. The van der Waals surface area contributed by atoms with Crippen LogP contribution < -0.4 is 0 Å². The normalized spacial score (nSPS) is 22.7. The highest BCUT2D eigenvalue weighted by Gasteiger charge is 2.35. The van der Waals surface area contributed by atoms with Gasteiger partial charge in [-0.1, -0.05) is 79.1 Å². The lowest BCUT2D eigenvalue weighted by Crippen LogP contribution is -2.34. The Hall–Kier alpha value is -4.32. The molecule has 4 fully saturated rings. The Morgan fingerprint density at radius 2 is 0.506 bits per heavy atom. The quantitative estimate of drug-likeness (QED) is 0.0258. The number of nitrogens with zero attached hydrogens (tertiary/aromatic N) is 1. The van der Waals surface area contributed by atoms with Gasteiger partial charge in [-0.3, -0.25) is 38.4 Å². The number of ether oxygens (including phenoxy) is 8. The third-order valence-corrected chi connectivity index (χ3v) is 19.3. The molecule has 0 radical (unpaired) electrons. The van der Waals surface area contributed by atoms with Gasteiger partial charge >= 0.3 is 47.8 Å². The molecule has 0 amide bonds.